The van der Waals surface area contributed by atoms with Gasteiger partial charge in [-0.2, -0.15) is 0 Å². The van der Waals surface area contributed by atoms with Crippen molar-refractivity contribution in [3.8, 4) is 0 Å². The Bertz CT molecular complexity index is 744. The van der Waals surface area contributed by atoms with Gasteiger partial charge >= 0.3 is 0 Å². The van der Waals surface area contributed by atoms with Gasteiger partial charge in [0.15, 0.2) is 0 Å². The Hall–Kier alpha value is -1.76. The first-order chi connectivity index (χ1) is 14.3. The van der Waals surface area contributed by atoms with E-state index < -0.39 is 0 Å². The molecule has 5 nitrogen and oxygen atoms in total. The number of aromatic nitrogens is 1. The van der Waals surface area contributed by atoms with Crippen LogP contribution >= 0.6 is 11.3 Å². The Balaban J connectivity index is 1.19. The van der Waals surface area contributed by atoms with E-state index in [9.17, 15) is 4.79 Å². The summed E-state index contributed by atoms with van der Waals surface area (Å²) in [6.07, 6.45) is 7.52. The van der Waals surface area contributed by atoms with Crippen LogP contribution in [-0.4, -0.2) is 59.5 Å². The van der Waals surface area contributed by atoms with E-state index in [0.717, 1.165) is 43.9 Å². The monoisotopic (exact) mass is 412 g/mol. The lowest BCUT2D eigenvalue weighted by molar-refractivity contribution is -0.127. The van der Waals surface area contributed by atoms with E-state index in [4.69, 9.17) is 0 Å². The molecule has 0 bridgehead atoms. The molecule has 1 unspecified atom stereocenters. The summed E-state index contributed by atoms with van der Waals surface area (Å²) in [7, 11) is 0. The maximum atomic E-state index is 12.6. The minimum Gasteiger partial charge on any atom is -0.349 e. The van der Waals surface area contributed by atoms with E-state index in [1.54, 1.807) is 17.5 Å². The van der Waals surface area contributed by atoms with Gasteiger partial charge in [-0.3, -0.25) is 9.69 Å². The third-order valence-corrected chi connectivity index (χ3v) is 7.13. The fraction of sp³-hybridized carbons (Fsp3) is 0.565. The highest BCUT2D eigenvalue weighted by Gasteiger charge is 2.31. The summed E-state index contributed by atoms with van der Waals surface area (Å²) in [5, 5.41) is 6.03. The lowest BCUT2D eigenvalue weighted by atomic mass is 9.93. The summed E-state index contributed by atoms with van der Waals surface area (Å²) in [5.74, 6) is 0.324. The van der Waals surface area contributed by atoms with Crippen LogP contribution in [0.15, 0.2) is 41.9 Å². The largest absolute Gasteiger partial charge is 0.349 e. The van der Waals surface area contributed by atoms with Gasteiger partial charge in [-0.15, -0.1) is 11.3 Å². The molecule has 156 valence electrons. The number of hydrogen-bond acceptors (Lipinski definition) is 5. The van der Waals surface area contributed by atoms with Crippen LogP contribution in [0, 0.1) is 5.92 Å². The number of carbonyl (C=O) groups is 1. The third-order valence-electron chi connectivity index (χ3n) is 6.35. The first-order valence-electron chi connectivity index (χ1n) is 10.9. The van der Waals surface area contributed by atoms with Crippen molar-refractivity contribution >= 4 is 17.2 Å². The van der Waals surface area contributed by atoms with Crippen LogP contribution in [0.1, 0.15) is 36.3 Å². The van der Waals surface area contributed by atoms with E-state index in [1.807, 2.05) is 5.38 Å². The Morgan fingerprint density at radius 3 is 2.72 bits per heavy atom. The maximum Gasteiger partial charge on any atom is 0.224 e. The van der Waals surface area contributed by atoms with Crippen molar-refractivity contribution < 1.29 is 4.79 Å². The molecule has 1 atom stereocenters. The number of hydrogen-bond donors (Lipinski definition) is 1. The molecule has 1 aromatic heterocycles. The molecule has 1 aromatic carbocycles. The van der Waals surface area contributed by atoms with E-state index in [-0.39, 0.29) is 11.8 Å². The van der Waals surface area contributed by atoms with Gasteiger partial charge in [0.1, 0.15) is 5.01 Å². The molecule has 2 aliphatic heterocycles. The molecule has 1 amide bonds. The molecule has 2 fully saturated rings. The number of carbonyl (C=O) groups excluding carboxylic acids is 1. The Labute approximate surface area is 178 Å². The van der Waals surface area contributed by atoms with Crippen molar-refractivity contribution in [2.75, 3.05) is 32.7 Å². The van der Waals surface area contributed by atoms with Crippen molar-refractivity contribution in [2.24, 2.45) is 5.92 Å². The maximum absolute atomic E-state index is 12.6. The van der Waals surface area contributed by atoms with Crippen LogP contribution in [0.5, 0.6) is 0 Å². The molecule has 0 aliphatic carbocycles. The van der Waals surface area contributed by atoms with E-state index >= 15 is 0 Å². The van der Waals surface area contributed by atoms with E-state index in [1.165, 1.54) is 31.5 Å². The van der Waals surface area contributed by atoms with E-state index in [2.05, 4.69) is 50.4 Å². The van der Waals surface area contributed by atoms with Crippen LogP contribution in [-0.2, 0) is 17.8 Å². The van der Waals surface area contributed by atoms with Crippen LogP contribution in [0.25, 0.3) is 0 Å². The molecule has 4 rings (SSSR count). The molecule has 0 spiro atoms. The SMILES string of the molecule is O=C(NCc1nccs1)C1CCCN(C2CCN(CCc3ccccc3)CC2)C1. The highest BCUT2D eigenvalue weighted by atomic mass is 32.1. The molecule has 2 aliphatic rings. The van der Waals surface area contributed by atoms with Crippen molar-refractivity contribution in [2.45, 2.75) is 44.7 Å². The highest BCUT2D eigenvalue weighted by Crippen LogP contribution is 2.24. The number of amides is 1. The topological polar surface area (TPSA) is 48.5 Å². The molecule has 2 saturated heterocycles. The minimum atomic E-state index is 0.125. The van der Waals surface area contributed by atoms with Crippen molar-refractivity contribution in [1.82, 2.24) is 20.1 Å². The van der Waals surface area contributed by atoms with Gasteiger partial charge in [-0.1, -0.05) is 30.3 Å². The van der Waals surface area contributed by atoms with Crippen molar-refractivity contribution in [3.05, 3.63) is 52.5 Å². The third kappa shape index (κ3) is 5.87. The van der Waals surface area contributed by atoms with Crippen LogP contribution in [0.2, 0.25) is 0 Å². The van der Waals surface area contributed by atoms with Gasteiger partial charge in [-0.05, 0) is 57.3 Å². The number of piperidine rings is 2. The summed E-state index contributed by atoms with van der Waals surface area (Å²) >= 11 is 1.60. The lowest BCUT2D eigenvalue weighted by Crippen LogP contribution is -2.50. The average Bonchev–Trinajstić information content (AvgIpc) is 3.31. The second-order valence-corrected chi connectivity index (χ2v) is 9.27. The lowest BCUT2D eigenvalue weighted by Gasteiger charge is -2.42. The van der Waals surface area contributed by atoms with Gasteiger partial charge < -0.3 is 10.2 Å². The smallest absolute Gasteiger partial charge is 0.224 e. The van der Waals surface area contributed by atoms with Crippen molar-refractivity contribution in [3.63, 3.8) is 0 Å². The summed E-state index contributed by atoms with van der Waals surface area (Å²) in [5.41, 5.74) is 1.43. The number of thiazole rings is 1. The predicted octanol–water partition coefficient (Wildman–Crippen LogP) is 3.18. The zero-order chi connectivity index (χ0) is 19.9. The van der Waals surface area contributed by atoms with Crippen LogP contribution in [0.4, 0.5) is 0 Å². The molecule has 29 heavy (non-hydrogen) atoms. The number of likely N-dealkylation sites (tertiary alicyclic amines) is 2. The van der Waals surface area contributed by atoms with Gasteiger partial charge in [0.05, 0.1) is 12.5 Å². The molecule has 1 N–H and O–H groups in total. The number of rotatable bonds is 7. The molecule has 0 radical (unpaired) electrons. The normalized spacial score (nSPS) is 21.9. The fourth-order valence-electron chi connectivity index (χ4n) is 4.64. The van der Waals surface area contributed by atoms with Gasteiger partial charge in [0.25, 0.3) is 0 Å². The molecular formula is C23H32N4OS. The zero-order valence-corrected chi connectivity index (χ0v) is 17.9. The second kappa shape index (κ2) is 10.3. The summed E-state index contributed by atoms with van der Waals surface area (Å²) in [6.45, 7) is 6.12. The fourth-order valence-corrected chi connectivity index (χ4v) is 5.20. The molecule has 3 heterocycles. The molecule has 2 aromatic rings. The predicted molar refractivity (Wildman–Crippen MR) is 118 cm³/mol. The summed E-state index contributed by atoms with van der Waals surface area (Å²) in [4.78, 5) is 22.1. The van der Waals surface area contributed by atoms with Gasteiger partial charge in [0, 0.05) is 30.7 Å². The Kier molecular flexibility index (Phi) is 7.30. The minimum absolute atomic E-state index is 0.125. The average molecular weight is 413 g/mol. The molecule has 6 heteroatoms. The number of nitrogens with zero attached hydrogens (tertiary/aromatic N) is 3. The number of benzene rings is 1. The quantitative estimate of drug-likeness (QED) is 0.759. The van der Waals surface area contributed by atoms with Gasteiger partial charge in [0.2, 0.25) is 5.91 Å². The number of nitrogens with one attached hydrogen (secondary N) is 1. The second-order valence-electron chi connectivity index (χ2n) is 8.29. The van der Waals surface area contributed by atoms with Gasteiger partial charge in [-0.25, -0.2) is 4.98 Å². The summed E-state index contributed by atoms with van der Waals surface area (Å²) < 4.78 is 0. The zero-order valence-electron chi connectivity index (χ0n) is 17.1. The Morgan fingerprint density at radius 2 is 1.97 bits per heavy atom. The highest BCUT2D eigenvalue weighted by molar-refractivity contribution is 7.09. The van der Waals surface area contributed by atoms with Crippen LogP contribution in [0.3, 0.4) is 0 Å². The summed E-state index contributed by atoms with van der Waals surface area (Å²) in [6, 6.07) is 11.4. The van der Waals surface area contributed by atoms with Crippen molar-refractivity contribution in [1.29, 1.82) is 0 Å². The molecular weight excluding hydrogens is 380 g/mol. The standard InChI is InChI=1S/C23H32N4OS/c28-23(25-17-22-24-11-16-29-22)20-7-4-12-27(18-20)21-9-14-26(15-10-21)13-8-19-5-2-1-3-6-19/h1-3,5-6,11,16,20-21H,4,7-10,12-15,17-18H2,(H,25,28). The first-order valence-corrected chi connectivity index (χ1v) is 11.8. The first kappa shape index (κ1) is 20.5. The Morgan fingerprint density at radius 1 is 1.14 bits per heavy atom. The van der Waals surface area contributed by atoms with Crippen LogP contribution < -0.4 is 5.32 Å². The van der Waals surface area contributed by atoms with E-state index in [0.29, 0.717) is 12.6 Å². The molecule has 0 saturated carbocycles.